The van der Waals surface area contributed by atoms with Crippen molar-refractivity contribution in [3.63, 3.8) is 0 Å². The molecule has 14 rings (SSSR count). The van der Waals surface area contributed by atoms with Gasteiger partial charge in [0.1, 0.15) is 0 Å². The number of carbonyl (C=O) groups is 8. The first kappa shape index (κ1) is 48.0. The van der Waals surface area contributed by atoms with E-state index in [2.05, 4.69) is 27.7 Å². The third kappa shape index (κ3) is 6.60. The van der Waals surface area contributed by atoms with Crippen LogP contribution in [0.1, 0.15) is 150 Å². The third-order valence-corrected chi connectivity index (χ3v) is 25.9. The number of piperidine rings is 4. The highest BCUT2D eigenvalue weighted by Crippen LogP contribution is 2.71. The molecule has 0 N–H and O–H groups in total. The molecule has 4 saturated heterocycles. The first-order valence-corrected chi connectivity index (χ1v) is 30.7. The fourth-order valence-electron chi connectivity index (χ4n) is 23.3. The zero-order chi connectivity index (χ0) is 50.2. The Balaban J connectivity index is 0.643. The van der Waals surface area contributed by atoms with Crippen molar-refractivity contribution in [3.8, 4) is 0 Å². The highest BCUT2D eigenvalue weighted by molar-refractivity contribution is 6.03. The molecular weight excluding hydrogens is 917 g/mol. The molecule has 4 aliphatic heterocycles. The van der Waals surface area contributed by atoms with Crippen LogP contribution in [-0.4, -0.2) is 93.0 Å². The van der Waals surface area contributed by atoms with Crippen LogP contribution in [0.15, 0.2) is 0 Å². The van der Waals surface area contributed by atoms with Crippen LogP contribution in [-0.2, 0) is 38.4 Å². The lowest BCUT2D eigenvalue weighted by molar-refractivity contribution is -0.211. The number of hydrogen-bond acceptors (Lipinski definition) is 8. The molecule has 18 unspecified atom stereocenters. The first-order chi connectivity index (χ1) is 35.3. The third-order valence-electron chi connectivity index (χ3n) is 25.9. The van der Waals surface area contributed by atoms with Gasteiger partial charge in [-0.2, -0.15) is 0 Å². The second-order valence-corrected chi connectivity index (χ2v) is 28.0. The number of hydrogen-bond donors (Lipinski definition) is 0. The van der Waals surface area contributed by atoms with Crippen LogP contribution in [0.4, 0.5) is 0 Å². The lowest BCUT2D eigenvalue weighted by Crippen LogP contribution is -2.68. The van der Waals surface area contributed by atoms with Gasteiger partial charge < -0.3 is 0 Å². The molecule has 10 saturated carbocycles. The van der Waals surface area contributed by atoms with E-state index in [0.717, 1.165) is 116 Å². The number of carbonyl (C=O) groups excluding carboxylic acids is 8. The van der Waals surface area contributed by atoms with E-state index in [4.69, 9.17) is 0 Å². The number of rotatable bonds is 10. The molecule has 12 heteroatoms. The number of nitrogens with zero attached hydrogens (tertiary/aromatic N) is 4. The van der Waals surface area contributed by atoms with Crippen molar-refractivity contribution >= 4 is 47.3 Å². The highest BCUT2D eigenvalue weighted by atomic mass is 16.2. The second-order valence-electron chi connectivity index (χ2n) is 28.0. The summed E-state index contributed by atoms with van der Waals surface area (Å²) >= 11 is 0. The lowest BCUT2D eigenvalue weighted by Gasteiger charge is -2.67. The number of amides is 8. The molecule has 14 aliphatic rings. The van der Waals surface area contributed by atoms with Gasteiger partial charge in [-0.25, -0.2) is 0 Å². The van der Waals surface area contributed by atoms with Crippen LogP contribution < -0.4 is 0 Å². The quantitative estimate of drug-likeness (QED) is 0.200. The molecule has 0 spiro atoms. The average Bonchev–Trinajstić information content (AvgIpc) is 3.41. The summed E-state index contributed by atoms with van der Waals surface area (Å²) in [6.45, 7) is 10.1. The number of fused-ring (bicyclic) bond motifs is 4. The minimum atomic E-state index is -0.170. The van der Waals surface area contributed by atoms with E-state index in [9.17, 15) is 38.4 Å². The smallest absolute Gasteiger partial charge is 0.232 e. The van der Waals surface area contributed by atoms with Gasteiger partial charge in [0.15, 0.2) is 0 Å². The molecule has 10 aliphatic carbocycles. The van der Waals surface area contributed by atoms with Crippen molar-refractivity contribution in [3.05, 3.63) is 0 Å². The summed E-state index contributed by atoms with van der Waals surface area (Å²) in [5.74, 6) is 5.44. The summed E-state index contributed by atoms with van der Waals surface area (Å²) in [7, 11) is 0. The van der Waals surface area contributed by atoms with Crippen molar-refractivity contribution in [2.45, 2.75) is 150 Å². The normalized spacial score (nSPS) is 49.7. The Bertz CT molecular complexity index is 2090. The van der Waals surface area contributed by atoms with Gasteiger partial charge >= 0.3 is 0 Å². The summed E-state index contributed by atoms with van der Waals surface area (Å²) in [4.78, 5) is 122. The number of likely N-dealkylation sites (tertiary alicyclic amines) is 4. The van der Waals surface area contributed by atoms with Crippen molar-refractivity contribution < 1.29 is 38.4 Å². The summed E-state index contributed by atoms with van der Waals surface area (Å²) < 4.78 is 0. The van der Waals surface area contributed by atoms with E-state index >= 15 is 0 Å². The summed E-state index contributed by atoms with van der Waals surface area (Å²) in [6, 6.07) is 0. The predicted molar refractivity (Wildman–Crippen MR) is 268 cm³/mol. The van der Waals surface area contributed by atoms with Crippen molar-refractivity contribution in [2.75, 3.05) is 26.2 Å². The van der Waals surface area contributed by atoms with Crippen LogP contribution in [0, 0.1) is 154 Å². The van der Waals surface area contributed by atoms with E-state index in [1.54, 1.807) is 19.6 Å². The monoisotopic (exact) mass is 1000 g/mol. The maximum absolute atomic E-state index is 14.8. The minimum Gasteiger partial charge on any atom is -0.282 e. The van der Waals surface area contributed by atoms with Gasteiger partial charge in [-0.05, 0) is 216 Å². The molecule has 8 amide bonds. The van der Waals surface area contributed by atoms with E-state index in [1.165, 1.54) is 0 Å². The Morgan fingerprint density at radius 2 is 0.493 bits per heavy atom. The molecular formula is C61H84N4O8. The van der Waals surface area contributed by atoms with Gasteiger partial charge in [0.2, 0.25) is 47.3 Å². The van der Waals surface area contributed by atoms with Crippen molar-refractivity contribution in [2.24, 2.45) is 154 Å². The van der Waals surface area contributed by atoms with Crippen LogP contribution in [0.25, 0.3) is 0 Å². The average molecular weight is 1000 g/mol. The van der Waals surface area contributed by atoms with E-state index in [1.807, 2.05) is 0 Å². The zero-order valence-corrected chi connectivity index (χ0v) is 44.3. The van der Waals surface area contributed by atoms with Crippen LogP contribution in [0.2, 0.25) is 0 Å². The lowest BCUT2D eigenvalue weighted by atomic mass is 9.38. The van der Waals surface area contributed by atoms with Crippen LogP contribution in [0.5, 0.6) is 0 Å². The fraction of sp³-hybridized carbons (Fsp3) is 0.869. The highest BCUT2D eigenvalue weighted by Gasteiger charge is 2.70. The molecule has 73 heavy (non-hydrogen) atoms. The molecule has 0 aromatic rings. The number of imide groups is 4. The van der Waals surface area contributed by atoms with Crippen molar-refractivity contribution in [1.82, 2.24) is 19.6 Å². The van der Waals surface area contributed by atoms with E-state index in [-0.39, 0.29) is 131 Å². The topological polar surface area (TPSA) is 150 Å². The summed E-state index contributed by atoms with van der Waals surface area (Å²) in [6.07, 6.45) is 16.9. The van der Waals surface area contributed by atoms with Gasteiger partial charge in [-0.15, -0.1) is 0 Å². The maximum atomic E-state index is 14.8. The Morgan fingerprint density at radius 3 is 0.685 bits per heavy atom. The Kier molecular flexibility index (Phi) is 11.5. The fourth-order valence-corrected chi connectivity index (χ4v) is 23.3. The molecule has 14 fully saturated rings. The Morgan fingerprint density at radius 1 is 0.301 bits per heavy atom. The first-order valence-electron chi connectivity index (χ1n) is 30.7. The predicted octanol–water partition coefficient (Wildman–Crippen LogP) is 8.11. The molecule has 0 bridgehead atoms. The minimum absolute atomic E-state index is 0.0261. The van der Waals surface area contributed by atoms with Crippen LogP contribution in [0.3, 0.4) is 0 Å². The molecule has 396 valence electrons. The molecule has 0 aromatic carbocycles. The van der Waals surface area contributed by atoms with Crippen LogP contribution >= 0.6 is 0 Å². The van der Waals surface area contributed by atoms with Gasteiger partial charge in [-0.3, -0.25) is 58.0 Å². The second kappa shape index (κ2) is 17.5. The van der Waals surface area contributed by atoms with E-state index in [0.29, 0.717) is 102 Å². The van der Waals surface area contributed by atoms with Gasteiger partial charge in [-0.1, -0.05) is 40.5 Å². The Labute approximate surface area is 433 Å². The van der Waals surface area contributed by atoms with Gasteiger partial charge in [0.05, 0.1) is 0 Å². The van der Waals surface area contributed by atoms with E-state index < -0.39 is 0 Å². The molecule has 4 heterocycles. The standard InChI is InChI=1S/C61H84N4O8/c1-5-28(3)26-64-58(70)42-20-12-34-30-8-16-38-50-39(17-9-31(46(30)50)35-13-21-43(59(64)71)52(42)48(34)35)55(67)62(54(38)66)24-7-25-63-56(68)40-18-10-32-36-14-22-44-53-45(61(73)65(60(44)72)27-29(4)6-2)23-15-37(49(36)53)33-11-19-41(57(63)69)51(40)47(32)33/h28-53H,5-27H2,1-4H3. The Hall–Kier alpha value is -3.44. The molecule has 0 radical (unpaired) electrons. The van der Waals surface area contributed by atoms with Gasteiger partial charge in [0, 0.05) is 73.5 Å². The molecule has 0 aromatic heterocycles. The molecule has 18 atom stereocenters. The van der Waals surface area contributed by atoms with Crippen molar-refractivity contribution in [1.29, 1.82) is 0 Å². The maximum Gasteiger partial charge on any atom is 0.232 e. The van der Waals surface area contributed by atoms with Gasteiger partial charge in [0.25, 0.3) is 0 Å². The largest absolute Gasteiger partial charge is 0.282 e. The zero-order valence-electron chi connectivity index (χ0n) is 44.3. The summed E-state index contributed by atoms with van der Waals surface area (Å²) in [5, 5.41) is 0. The SMILES string of the molecule is CCC(C)CN1C(=O)C2CCC3C4CCC5C(=O)N(CCCN6C(=O)C7CCC8C9CCC%10C(=O)N(CC(C)CC)C(=O)C%11CCC(C%12CCC(C6=O)C7C8%12)C9C%10%11)C(=O)C6CCC(C7CCC(C1=O)C2C37)C4C56. The molecule has 12 nitrogen and oxygen atoms in total. The summed E-state index contributed by atoms with van der Waals surface area (Å²) in [5.41, 5.74) is 0.